The fraction of sp³-hybridized carbons (Fsp3) is 0.571. The lowest BCUT2D eigenvalue weighted by molar-refractivity contribution is -0.0142. The van der Waals surface area contributed by atoms with Crippen molar-refractivity contribution in [2.45, 2.75) is 37.3 Å². The Bertz CT molecular complexity index is 447. The van der Waals surface area contributed by atoms with E-state index in [2.05, 4.69) is 20.8 Å². The number of piperidine rings is 1. The van der Waals surface area contributed by atoms with Gasteiger partial charge in [-0.15, -0.1) is 0 Å². The molecule has 0 radical (unpaired) electrons. The first-order chi connectivity index (χ1) is 8.63. The molecule has 2 heterocycles. The predicted molar refractivity (Wildman–Crippen MR) is 76.9 cm³/mol. The van der Waals surface area contributed by atoms with Crippen molar-refractivity contribution in [2.24, 2.45) is 0 Å². The largest absolute Gasteiger partial charge is 0.383 e. The Labute approximate surface area is 121 Å². The standard InChI is InChI=1S/C14H17BrClNO/c15-10-4-3-5-11(16)13(10)14(18)7-9-17-8-2-1-6-12(14)17/h3-5,12,18H,1-2,6-9H2. The Balaban J connectivity index is 2.04. The van der Waals surface area contributed by atoms with Crippen LogP contribution in [0.25, 0.3) is 0 Å². The van der Waals surface area contributed by atoms with Gasteiger partial charge >= 0.3 is 0 Å². The molecule has 0 bridgehead atoms. The molecule has 2 fully saturated rings. The van der Waals surface area contributed by atoms with Crippen LogP contribution in [0, 0.1) is 0 Å². The SMILES string of the molecule is OC1(c2c(Cl)cccc2Br)CCN2CCCCC21. The first-order valence-corrected chi connectivity index (χ1v) is 7.71. The van der Waals surface area contributed by atoms with Crippen LogP contribution in [0.1, 0.15) is 31.2 Å². The summed E-state index contributed by atoms with van der Waals surface area (Å²) in [4.78, 5) is 2.42. The average molecular weight is 331 g/mol. The van der Waals surface area contributed by atoms with Gasteiger partial charge in [-0.3, -0.25) is 4.90 Å². The molecule has 0 aliphatic carbocycles. The smallest absolute Gasteiger partial charge is 0.109 e. The van der Waals surface area contributed by atoms with Crippen molar-refractivity contribution < 1.29 is 5.11 Å². The summed E-state index contributed by atoms with van der Waals surface area (Å²) in [5.41, 5.74) is 0.0819. The average Bonchev–Trinajstić information content (AvgIpc) is 2.69. The second kappa shape index (κ2) is 4.78. The van der Waals surface area contributed by atoms with E-state index in [1.807, 2.05) is 18.2 Å². The first-order valence-electron chi connectivity index (χ1n) is 6.54. The highest BCUT2D eigenvalue weighted by molar-refractivity contribution is 9.10. The molecule has 0 spiro atoms. The number of rotatable bonds is 1. The predicted octanol–water partition coefficient (Wildman–Crippen LogP) is 3.55. The zero-order chi connectivity index (χ0) is 12.8. The molecule has 2 aliphatic heterocycles. The summed E-state index contributed by atoms with van der Waals surface area (Å²) < 4.78 is 0.921. The molecule has 2 atom stereocenters. The maximum absolute atomic E-state index is 11.2. The van der Waals surface area contributed by atoms with Crippen molar-refractivity contribution in [3.05, 3.63) is 33.3 Å². The van der Waals surface area contributed by atoms with Gasteiger partial charge < -0.3 is 5.11 Å². The van der Waals surface area contributed by atoms with Crippen LogP contribution in [0.2, 0.25) is 5.02 Å². The first kappa shape index (κ1) is 12.9. The van der Waals surface area contributed by atoms with Crippen LogP contribution in [-0.2, 0) is 5.60 Å². The summed E-state index contributed by atoms with van der Waals surface area (Å²) in [7, 11) is 0. The third-order valence-electron chi connectivity index (χ3n) is 4.34. The van der Waals surface area contributed by atoms with E-state index in [9.17, 15) is 5.11 Å². The molecular weight excluding hydrogens is 314 g/mol. The van der Waals surface area contributed by atoms with Crippen molar-refractivity contribution in [1.82, 2.24) is 4.90 Å². The van der Waals surface area contributed by atoms with E-state index >= 15 is 0 Å². The molecule has 2 saturated heterocycles. The van der Waals surface area contributed by atoms with Crippen LogP contribution in [0.5, 0.6) is 0 Å². The van der Waals surface area contributed by atoms with E-state index < -0.39 is 5.60 Å². The van der Waals surface area contributed by atoms with Crippen molar-refractivity contribution in [1.29, 1.82) is 0 Å². The highest BCUT2D eigenvalue weighted by Gasteiger charge is 2.49. The van der Waals surface area contributed by atoms with E-state index in [4.69, 9.17) is 11.6 Å². The van der Waals surface area contributed by atoms with Gasteiger partial charge in [-0.2, -0.15) is 0 Å². The summed E-state index contributed by atoms with van der Waals surface area (Å²) in [6, 6.07) is 5.96. The van der Waals surface area contributed by atoms with Gasteiger partial charge in [0.05, 0.1) is 0 Å². The highest BCUT2D eigenvalue weighted by Crippen LogP contribution is 2.46. The topological polar surface area (TPSA) is 23.5 Å². The minimum Gasteiger partial charge on any atom is -0.383 e. The number of benzene rings is 1. The van der Waals surface area contributed by atoms with Crippen LogP contribution >= 0.6 is 27.5 Å². The van der Waals surface area contributed by atoms with Gasteiger partial charge in [-0.05, 0) is 37.9 Å². The molecule has 0 saturated carbocycles. The van der Waals surface area contributed by atoms with Crippen LogP contribution in [-0.4, -0.2) is 29.1 Å². The lowest BCUT2D eigenvalue weighted by Crippen LogP contribution is -2.45. The number of hydrogen-bond donors (Lipinski definition) is 1. The Morgan fingerprint density at radius 2 is 2.17 bits per heavy atom. The molecule has 1 aromatic rings. The Morgan fingerprint density at radius 1 is 1.33 bits per heavy atom. The molecular formula is C14H17BrClNO. The molecule has 1 N–H and O–H groups in total. The summed E-state index contributed by atoms with van der Waals surface area (Å²) in [6.45, 7) is 2.08. The molecule has 2 nitrogen and oxygen atoms in total. The van der Waals surface area contributed by atoms with Gasteiger partial charge in [0.2, 0.25) is 0 Å². The normalized spacial score (nSPS) is 32.5. The Kier molecular flexibility index (Phi) is 3.43. The minimum absolute atomic E-state index is 0.224. The van der Waals surface area contributed by atoms with Gasteiger partial charge in [0, 0.05) is 27.6 Å². The summed E-state index contributed by atoms with van der Waals surface area (Å²) in [6.07, 6.45) is 4.29. The van der Waals surface area contributed by atoms with Crippen LogP contribution in [0.3, 0.4) is 0 Å². The number of fused-ring (bicyclic) bond motifs is 1. The third kappa shape index (κ3) is 1.92. The van der Waals surface area contributed by atoms with Gasteiger partial charge in [0.25, 0.3) is 0 Å². The molecule has 2 aliphatic rings. The summed E-state index contributed by atoms with van der Waals surface area (Å²) in [5, 5.41) is 11.8. The molecule has 0 amide bonds. The van der Waals surface area contributed by atoms with Gasteiger partial charge in [0.15, 0.2) is 0 Å². The van der Waals surface area contributed by atoms with Crippen molar-refractivity contribution >= 4 is 27.5 Å². The number of nitrogens with zero attached hydrogens (tertiary/aromatic N) is 1. The fourth-order valence-corrected chi connectivity index (χ4v) is 4.64. The molecule has 3 rings (SSSR count). The lowest BCUT2D eigenvalue weighted by Gasteiger charge is -2.38. The van der Waals surface area contributed by atoms with Crippen LogP contribution in [0.15, 0.2) is 22.7 Å². The van der Waals surface area contributed by atoms with E-state index in [0.717, 1.165) is 36.0 Å². The van der Waals surface area contributed by atoms with Crippen molar-refractivity contribution in [2.75, 3.05) is 13.1 Å². The number of hydrogen-bond acceptors (Lipinski definition) is 2. The molecule has 1 aromatic carbocycles. The van der Waals surface area contributed by atoms with E-state index in [1.54, 1.807) is 0 Å². The maximum Gasteiger partial charge on any atom is 0.109 e. The minimum atomic E-state index is -0.794. The molecule has 18 heavy (non-hydrogen) atoms. The summed E-state index contributed by atoms with van der Waals surface area (Å²) >= 11 is 9.87. The van der Waals surface area contributed by atoms with E-state index in [1.165, 1.54) is 12.8 Å². The summed E-state index contributed by atoms with van der Waals surface area (Å²) in [5.74, 6) is 0. The van der Waals surface area contributed by atoms with E-state index in [0.29, 0.717) is 5.02 Å². The lowest BCUT2D eigenvalue weighted by atomic mass is 9.83. The molecule has 2 unspecified atom stereocenters. The monoisotopic (exact) mass is 329 g/mol. The van der Waals surface area contributed by atoms with Crippen LogP contribution < -0.4 is 0 Å². The zero-order valence-electron chi connectivity index (χ0n) is 10.2. The third-order valence-corrected chi connectivity index (χ3v) is 5.32. The highest BCUT2D eigenvalue weighted by atomic mass is 79.9. The number of aliphatic hydroxyl groups is 1. The van der Waals surface area contributed by atoms with Gasteiger partial charge in [-0.25, -0.2) is 0 Å². The van der Waals surface area contributed by atoms with Crippen molar-refractivity contribution in [3.8, 4) is 0 Å². The van der Waals surface area contributed by atoms with Gasteiger partial charge in [0.1, 0.15) is 5.60 Å². The second-order valence-electron chi connectivity index (χ2n) is 5.32. The van der Waals surface area contributed by atoms with Crippen molar-refractivity contribution in [3.63, 3.8) is 0 Å². The Morgan fingerprint density at radius 3 is 2.94 bits per heavy atom. The van der Waals surface area contributed by atoms with E-state index in [-0.39, 0.29) is 6.04 Å². The Hall–Kier alpha value is -0.0900. The van der Waals surface area contributed by atoms with Crippen LogP contribution in [0.4, 0.5) is 0 Å². The zero-order valence-corrected chi connectivity index (χ0v) is 12.5. The number of halogens is 2. The van der Waals surface area contributed by atoms with Gasteiger partial charge in [-0.1, -0.05) is 40.0 Å². The molecule has 0 aromatic heterocycles. The quantitative estimate of drug-likeness (QED) is 0.851. The molecule has 98 valence electrons. The fourth-order valence-electron chi connectivity index (χ4n) is 3.48. The second-order valence-corrected chi connectivity index (χ2v) is 6.58. The maximum atomic E-state index is 11.2. The molecule has 4 heteroatoms.